The lowest BCUT2D eigenvalue weighted by molar-refractivity contribution is 0.0838. The molecule has 3 aliphatic rings. The van der Waals surface area contributed by atoms with E-state index in [0.29, 0.717) is 41.3 Å². The van der Waals surface area contributed by atoms with Gasteiger partial charge in [0.15, 0.2) is 13.9 Å². The number of hydrogen-bond acceptors (Lipinski definition) is 8. The number of benzene rings is 4. The van der Waals surface area contributed by atoms with Crippen molar-refractivity contribution < 1.29 is 23.9 Å². The Labute approximate surface area is 356 Å². The Morgan fingerprint density at radius 3 is 2.49 bits per heavy atom. The summed E-state index contributed by atoms with van der Waals surface area (Å²) in [7, 11) is -2.28. The number of carbonyl (C=O) groups is 1. The SMILES string of the molecule is CC(C)(C)[Si](C)(C)O[C@@H](CNCc1ccc2oc(=O)n(CC=Cc3ccc(-c4ccccc4)c(N(C(=O)O)C4CN5CCC4CC5)c3)c2c1)c1ccc(O)c2[nH]c(=O)ccc12. The molecule has 6 aromatic rings. The van der Waals surface area contributed by atoms with Crippen molar-refractivity contribution >= 4 is 48.2 Å². The van der Waals surface area contributed by atoms with Crippen molar-refractivity contribution in [3.8, 4) is 16.9 Å². The Balaban J connectivity index is 1.03. The molecule has 3 fully saturated rings. The molecule has 12 nitrogen and oxygen atoms in total. The van der Waals surface area contributed by atoms with Crippen molar-refractivity contribution in [3.63, 3.8) is 0 Å². The number of anilines is 1. The Kier molecular flexibility index (Phi) is 11.7. The normalized spacial score (nSPS) is 18.6. The number of H-pyrrole nitrogens is 1. The summed E-state index contributed by atoms with van der Waals surface area (Å²) in [6, 6.07) is 28.0. The lowest BCUT2D eigenvalue weighted by Gasteiger charge is -2.48. The van der Waals surface area contributed by atoms with Crippen molar-refractivity contribution in [1.29, 1.82) is 0 Å². The van der Waals surface area contributed by atoms with E-state index in [-0.39, 0.29) is 35.0 Å². The van der Waals surface area contributed by atoms with E-state index in [1.54, 1.807) is 21.6 Å². The van der Waals surface area contributed by atoms with E-state index in [9.17, 15) is 24.6 Å². The molecule has 0 aliphatic carbocycles. The van der Waals surface area contributed by atoms with Gasteiger partial charge < -0.3 is 34.3 Å². The average molecular weight is 842 g/mol. The van der Waals surface area contributed by atoms with Gasteiger partial charge in [-0.1, -0.05) is 87.5 Å². The fourth-order valence-corrected chi connectivity index (χ4v) is 9.96. The van der Waals surface area contributed by atoms with E-state index in [1.807, 2.05) is 84.9 Å². The second-order valence-corrected chi connectivity index (χ2v) is 22.7. The molecule has 61 heavy (non-hydrogen) atoms. The second-order valence-electron chi connectivity index (χ2n) is 18.0. The molecular formula is C48H55N5O7Si. The van der Waals surface area contributed by atoms with Gasteiger partial charge in [0.2, 0.25) is 5.56 Å². The highest BCUT2D eigenvalue weighted by Gasteiger charge is 2.41. The van der Waals surface area contributed by atoms with Crippen LogP contribution in [0.5, 0.6) is 5.75 Å². The number of amides is 1. The number of phenolic OH excluding ortho intramolecular Hbond substituents is 1. The fourth-order valence-electron chi connectivity index (χ4n) is 8.68. The number of phenols is 1. The maximum Gasteiger partial charge on any atom is 0.420 e. The van der Waals surface area contributed by atoms with Gasteiger partial charge >= 0.3 is 11.8 Å². The van der Waals surface area contributed by atoms with E-state index >= 15 is 0 Å². The Bertz CT molecular complexity index is 2710. The molecule has 1 amide bonds. The van der Waals surface area contributed by atoms with Crippen molar-refractivity contribution in [3.05, 3.63) is 135 Å². The van der Waals surface area contributed by atoms with Crippen molar-refractivity contribution in [1.82, 2.24) is 19.8 Å². The molecule has 2 atom stereocenters. The molecule has 318 valence electrons. The van der Waals surface area contributed by atoms with Crippen LogP contribution in [0.2, 0.25) is 18.1 Å². The molecule has 4 N–H and O–H groups in total. The van der Waals surface area contributed by atoms with E-state index in [1.165, 1.54) is 6.07 Å². The summed E-state index contributed by atoms with van der Waals surface area (Å²) in [5.74, 6) is -0.153. The molecule has 4 aromatic carbocycles. The first-order valence-corrected chi connectivity index (χ1v) is 24.0. The largest absolute Gasteiger partial charge is 0.506 e. The average Bonchev–Trinajstić information content (AvgIpc) is 3.55. The summed E-state index contributed by atoms with van der Waals surface area (Å²) >= 11 is 0. The third-order valence-corrected chi connectivity index (χ3v) is 17.5. The van der Waals surface area contributed by atoms with Crippen LogP contribution in [0.25, 0.3) is 39.2 Å². The highest BCUT2D eigenvalue weighted by molar-refractivity contribution is 6.74. The molecule has 13 heteroatoms. The minimum atomic E-state index is -2.28. The fraction of sp³-hybridized carbons (Fsp3) is 0.354. The quantitative estimate of drug-likeness (QED) is 0.0835. The lowest BCUT2D eigenvalue weighted by Crippen LogP contribution is -2.59. The van der Waals surface area contributed by atoms with E-state index in [4.69, 9.17) is 8.84 Å². The van der Waals surface area contributed by atoms with Gasteiger partial charge in [0.25, 0.3) is 0 Å². The number of fused-ring (bicyclic) bond motifs is 5. The number of aromatic nitrogens is 2. The van der Waals surface area contributed by atoms with Crippen LogP contribution in [-0.2, 0) is 17.5 Å². The number of piperidine rings is 3. The molecule has 0 saturated carbocycles. The zero-order valence-corrected chi connectivity index (χ0v) is 36.5. The lowest BCUT2D eigenvalue weighted by atomic mass is 9.82. The number of oxazole rings is 1. The van der Waals surface area contributed by atoms with Gasteiger partial charge in [-0.2, -0.15) is 0 Å². The highest BCUT2D eigenvalue weighted by atomic mass is 28.4. The minimum absolute atomic E-state index is 0.00000197. The van der Waals surface area contributed by atoms with Crippen molar-refractivity contribution in [2.24, 2.45) is 5.92 Å². The number of aromatic hydroxyl groups is 1. The maximum atomic E-state index is 13.2. The standard InChI is InChI=1S/C48H55N5O7Si/c1-48(2,3)61(4,5)60-43(36-16-18-41(54)45-37(36)17-20-44(55)50-45)29-49-28-32-14-19-42-39(27-32)52(47(58)59-42)23-9-10-31-13-15-35(33-11-7-6-8-12-33)38(26-31)53(46(56)57)40-30-51-24-21-34(40)22-25-51/h6-20,26-27,34,40,43,49,54H,21-25,28-30H2,1-5H3,(H,50,55)(H,56,57)/t40?,43-/m0/s1. The first-order valence-electron chi connectivity index (χ1n) is 21.1. The van der Waals surface area contributed by atoms with Crippen LogP contribution < -0.4 is 21.5 Å². The molecule has 1 unspecified atom stereocenters. The van der Waals surface area contributed by atoms with Crippen LogP contribution in [0.4, 0.5) is 10.5 Å². The van der Waals surface area contributed by atoms with Gasteiger partial charge in [0, 0.05) is 43.2 Å². The molecule has 5 heterocycles. The summed E-state index contributed by atoms with van der Waals surface area (Å²) in [5, 5.41) is 25.5. The predicted molar refractivity (Wildman–Crippen MR) is 244 cm³/mol. The van der Waals surface area contributed by atoms with Gasteiger partial charge in [-0.05, 0) is 103 Å². The molecule has 9 rings (SSSR count). The van der Waals surface area contributed by atoms with E-state index < -0.39 is 20.2 Å². The predicted octanol–water partition coefficient (Wildman–Crippen LogP) is 8.95. The number of nitrogens with one attached hydrogen (secondary N) is 2. The zero-order valence-electron chi connectivity index (χ0n) is 35.5. The first-order chi connectivity index (χ1) is 29.2. The summed E-state index contributed by atoms with van der Waals surface area (Å²) < 4.78 is 14.2. The van der Waals surface area contributed by atoms with Crippen LogP contribution in [0.1, 0.15) is 56.4 Å². The molecule has 0 radical (unpaired) electrons. The summed E-state index contributed by atoms with van der Waals surface area (Å²) in [4.78, 5) is 45.2. The first kappa shape index (κ1) is 42.0. The number of pyridine rings is 1. The maximum absolute atomic E-state index is 13.2. The number of hydrogen-bond donors (Lipinski definition) is 4. The molecule has 3 saturated heterocycles. The molecular weight excluding hydrogens is 787 g/mol. The topological polar surface area (TPSA) is 153 Å². The molecule has 0 spiro atoms. The van der Waals surface area contributed by atoms with E-state index in [2.05, 4.69) is 49.1 Å². The Hall–Kier alpha value is -5.73. The molecule has 2 bridgehead atoms. The van der Waals surface area contributed by atoms with Gasteiger partial charge in [-0.15, -0.1) is 0 Å². The van der Waals surface area contributed by atoms with Gasteiger partial charge in [0.1, 0.15) is 5.75 Å². The number of aromatic amines is 1. The third kappa shape index (κ3) is 8.74. The monoisotopic (exact) mass is 841 g/mol. The van der Waals surface area contributed by atoms with Crippen LogP contribution >= 0.6 is 0 Å². The number of carboxylic acid groups (broad SMARTS) is 1. The number of nitrogens with zero attached hydrogens (tertiary/aromatic N) is 3. The second kappa shape index (κ2) is 17.0. The van der Waals surface area contributed by atoms with Crippen LogP contribution in [-0.4, -0.2) is 71.3 Å². The molecule has 3 aliphatic heterocycles. The smallest absolute Gasteiger partial charge is 0.420 e. The number of allylic oxidation sites excluding steroid dienone is 1. The van der Waals surface area contributed by atoms with Crippen LogP contribution in [0.15, 0.2) is 111 Å². The summed E-state index contributed by atoms with van der Waals surface area (Å²) in [5.41, 5.74) is 6.34. The Morgan fingerprint density at radius 1 is 1.02 bits per heavy atom. The Morgan fingerprint density at radius 2 is 1.79 bits per heavy atom. The number of rotatable bonds is 13. The van der Waals surface area contributed by atoms with Crippen LogP contribution in [0, 0.1) is 5.92 Å². The highest BCUT2D eigenvalue weighted by Crippen LogP contribution is 2.42. The van der Waals surface area contributed by atoms with Gasteiger partial charge in [0.05, 0.1) is 28.9 Å². The van der Waals surface area contributed by atoms with Crippen LogP contribution in [0.3, 0.4) is 0 Å². The summed E-state index contributed by atoms with van der Waals surface area (Å²) in [6.07, 6.45) is 4.48. The zero-order chi connectivity index (χ0) is 43.1. The van der Waals surface area contributed by atoms with E-state index in [0.717, 1.165) is 65.7 Å². The van der Waals surface area contributed by atoms with Gasteiger partial charge in [-0.3, -0.25) is 14.3 Å². The van der Waals surface area contributed by atoms with Crippen molar-refractivity contribution in [2.45, 2.75) is 77.0 Å². The van der Waals surface area contributed by atoms with Crippen molar-refractivity contribution in [2.75, 3.05) is 31.1 Å². The third-order valence-electron chi connectivity index (χ3n) is 13.0. The minimum Gasteiger partial charge on any atom is -0.506 e. The van der Waals surface area contributed by atoms with Gasteiger partial charge in [-0.25, -0.2) is 9.59 Å². The molecule has 2 aromatic heterocycles. The summed E-state index contributed by atoms with van der Waals surface area (Å²) in [6.45, 7) is 14.9.